The van der Waals surface area contributed by atoms with Crippen molar-refractivity contribution < 1.29 is 19.0 Å². The first kappa shape index (κ1) is 19.6. The van der Waals surface area contributed by atoms with Crippen molar-refractivity contribution in [2.75, 3.05) is 54.1 Å². The second kappa shape index (κ2) is 9.14. The van der Waals surface area contributed by atoms with Crippen molar-refractivity contribution in [1.29, 1.82) is 0 Å². The summed E-state index contributed by atoms with van der Waals surface area (Å²) in [6.07, 6.45) is 0. The molecule has 2 rings (SSSR count). The normalized spacial score (nSPS) is 14.7. The van der Waals surface area contributed by atoms with Crippen LogP contribution < -0.4 is 25.7 Å². The Morgan fingerprint density at radius 2 is 1.69 bits per heavy atom. The van der Waals surface area contributed by atoms with Gasteiger partial charge in [-0.15, -0.1) is 0 Å². The van der Waals surface area contributed by atoms with Crippen molar-refractivity contribution in [3.8, 4) is 17.2 Å². The highest BCUT2D eigenvalue weighted by molar-refractivity contribution is 5.83. The summed E-state index contributed by atoms with van der Waals surface area (Å²) >= 11 is 0. The quantitative estimate of drug-likeness (QED) is 0.500. The van der Waals surface area contributed by atoms with E-state index in [1.807, 2.05) is 12.1 Å². The molecule has 0 saturated carbocycles. The number of nitrogens with two attached hydrogens (primary N) is 2. The number of nitrogens with zero attached hydrogens (tertiary/aromatic N) is 3. The molecule has 0 unspecified atom stereocenters. The third kappa shape index (κ3) is 4.69. The van der Waals surface area contributed by atoms with Gasteiger partial charge in [-0.05, 0) is 6.07 Å². The maximum absolute atomic E-state index is 12.1. The van der Waals surface area contributed by atoms with E-state index in [1.165, 1.54) is 0 Å². The van der Waals surface area contributed by atoms with Gasteiger partial charge in [0.25, 0.3) is 0 Å². The Balaban J connectivity index is 1.99. The number of benzene rings is 1. The molecule has 1 heterocycles. The van der Waals surface area contributed by atoms with Gasteiger partial charge in [-0.1, -0.05) is 6.07 Å². The number of hydrogen-bond acceptors (Lipinski definition) is 6. The monoisotopic (exact) mass is 365 g/mol. The number of rotatable bonds is 7. The van der Waals surface area contributed by atoms with Gasteiger partial charge in [-0.3, -0.25) is 9.69 Å². The Labute approximate surface area is 153 Å². The van der Waals surface area contributed by atoms with E-state index in [4.69, 9.17) is 25.7 Å². The highest BCUT2D eigenvalue weighted by Crippen LogP contribution is 2.40. The number of methoxy groups -OCH3 is 3. The number of carbonyl (C=O) groups is 1. The third-order valence-corrected chi connectivity index (χ3v) is 4.30. The van der Waals surface area contributed by atoms with Crippen LogP contribution in [0.2, 0.25) is 0 Å². The number of amides is 1. The number of ether oxygens (including phenoxy) is 3. The average Bonchev–Trinajstić information content (AvgIpc) is 2.66. The molecular formula is C17H27N5O4. The molecule has 1 saturated heterocycles. The van der Waals surface area contributed by atoms with Gasteiger partial charge in [-0.2, -0.15) is 0 Å². The Morgan fingerprint density at radius 1 is 1.04 bits per heavy atom. The number of carbonyl (C=O) groups excluding carboxylic acids is 1. The fraction of sp³-hybridized carbons (Fsp3) is 0.529. The van der Waals surface area contributed by atoms with Gasteiger partial charge in [-0.25, -0.2) is 4.99 Å². The topological polar surface area (TPSA) is 116 Å². The van der Waals surface area contributed by atoms with E-state index in [1.54, 1.807) is 26.2 Å². The molecule has 144 valence electrons. The average molecular weight is 365 g/mol. The largest absolute Gasteiger partial charge is 0.493 e. The molecule has 4 N–H and O–H groups in total. The molecule has 1 aliphatic heterocycles. The molecule has 0 atom stereocenters. The van der Waals surface area contributed by atoms with E-state index in [0.717, 1.165) is 18.7 Å². The molecule has 1 aliphatic rings. The minimum atomic E-state index is -0.0717. The zero-order valence-electron chi connectivity index (χ0n) is 15.5. The molecule has 0 aliphatic carbocycles. The smallest absolute Gasteiger partial charge is 0.244 e. The SMILES string of the molecule is COc1ccc(CN2CCN(C(=O)CN=C(N)N)CC2)c(OC)c1OC. The standard InChI is InChI=1S/C17H27N5O4/c1-24-13-5-4-12(15(25-2)16(13)26-3)11-21-6-8-22(9-7-21)14(23)10-20-17(18)19/h4-5H,6-11H2,1-3H3,(H4,18,19,20). The highest BCUT2D eigenvalue weighted by Gasteiger charge is 2.23. The molecule has 26 heavy (non-hydrogen) atoms. The molecule has 1 aromatic rings. The molecule has 0 radical (unpaired) electrons. The first-order valence-electron chi connectivity index (χ1n) is 8.33. The van der Waals surface area contributed by atoms with Crippen LogP contribution in [0.5, 0.6) is 17.2 Å². The second-order valence-electron chi connectivity index (χ2n) is 5.89. The summed E-state index contributed by atoms with van der Waals surface area (Å²) in [5.41, 5.74) is 11.5. The van der Waals surface area contributed by atoms with Crippen molar-refractivity contribution in [2.24, 2.45) is 16.5 Å². The van der Waals surface area contributed by atoms with Crippen LogP contribution in [0, 0.1) is 0 Å². The first-order chi connectivity index (χ1) is 12.5. The fourth-order valence-electron chi connectivity index (χ4n) is 2.94. The van der Waals surface area contributed by atoms with Crippen LogP contribution in [0.1, 0.15) is 5.56 Å². The number of piperazine rings is 1. The lowest BCUT2D eigenvalue weighted by molar-refractivity contribution is -0.131. The predicted molar refractivity (Wildman–Crippen MR) is 98.6 cm³/mol. The minimum Gasteiger partial charge on any atom is -0.493 e. The van der Waals surface area contributed by atoms with Crippen LogP contribution in [-0.4, -0.2) is 75.7 Å². The summed E-state index contributed by atoms with van der Waals surface area (Å²) in [5.74, 6) is 1.74. The van der Waals surface area contributed by atoms with E-state index < -0.39 is 0 Å². The maximum atomic E-state index is 12.1. The molecule has 1 amide bonds. The maximum Gasteiger partial charge on any atom is 0.244 e. The van der Waals surface area contributed by atoms with Crippen LogP contribution in [0.15, 0.2) is 17.1 Å². The minimum absolute atomic E-state index is 0.00810. The van der Waals surface area contributed by atoms with E-state index >= 15 is 0 Å². The van der Waals surface area contributed by atoms with Crippen LogP contribution >= 0.6 is 0 Å². The van der Waals surface area contributed by atoms with Crippen LogP contribution in [0.3, 0.4) is 0 Å². The van der Waals surface area contributed by atoms with Crippen molar-refractivity contribution in [1.82, 2.24) is 9.80 Å². The number of aliphatic imine (C=N–C) groups is 1. The van der Waals surface area contributed by atoms with Crippen LogP contribution in [-0.2, 0) is 11.3 Å². The van der Waals surface area contributed by atoms with Gasteiger partial charge in [0.1, 0.15) is 6.54 Å². The van der Waals surface area contributed by atoms with Gasteiger partial charge < -0.3 is 30.6 Å². The lowest BCUT2D eigenvalue weighted by Crippen LogP contribution is -2.49. The van der Waals surface area contributed by atoms with Gasteiger partial charge in [0.2, 0.25) is 11.7 Å². The molecular weight excluding hydrogens is 338 g/mol. The Bertz CT molecular complexity index is 653. The van der Waals surface area contributed by atoms with Gasteiger partial charge in [0.05, 0.1) is 21.3 Å². The Hall–Kier alpha value is -2.68. The molecule has 1 aromatic carbocycles. The molecule has 0 spiro atoms. The lowest BCUT2D eigenvalue weighted by atomic mass is 10.1. The van der Waals surface area contributed by atoms with Gasteiger partial charge in [0, 0.05) is 38.3 Å². The number of hydrogen-bond donors (Lipinski definition) is 2. The van der Waals surface area contributed by atoms with Gasteiger partial charge in [0.15, 0.2) is 17.5 Å². The first-order valence-corrected chi connectivity index (χ1v) is 8.33. The summed E-state index contributed by atoms with van der Waals surface area (Å²) in [5, 5.41) is 0. The van der Waals surface area contributed by atoms with Crippen molar-refractivity contribution in [2.45, 2.75) is 6.54 Å². The molecule has 9 heteroatoms. The van der Waals surface area contributed by atoms with Crippen molar-refractivity contribution in [3.63, 3.8) is 0 Å². The van der Waals surface area contributed by atoms with E-state index in [0.29, 0.717) is 36.9 Å². The van der Waals surface area contributed by atoms with Crippen molar-refractivity contribution in [3.05, 3.63) is 17.7 Å². The number of guanidine groups is 1. The van der Waals surface area contributed by atoms with E-state index in [2.05, 4.69) is 9.89 Å². The molecule has 9 nitrogen and oxygen atoms in total. The highest BCUT2D eigenvalue weighted by atomic mass is 16.5. The molecule has 1 fully saturated rings. The molecule has 0 aromatic heterocycles. The zero-order chi connectivity index (χ0) is 19.1. The lowest BCUT2D eigenvalue weighted by Gasteiger charge is -2.34. The zero-order valence-corrected chi connectivity index (χ0v) is 15.5. The van der Waals surface area contributed by atoms with Crippen LogP contribution in [0.25, 0.3) is 0 Å². The summed E-state index contributed by atoms with van der Waals surface area (Å²) in [6, 6.07) is 3.84. The summed E-state index contributed by atoms with van der Waals surface area (Å²) in [6.45, 7) is 3.46. The third-order valence-electron chi connectivity index (χ3n) is 4.30. The fourth-order valence-corrected chi connectivity index (χ4v) is 2.94. The Kier molecular flexibility index (Phi) is 6.90. The summed E-state index contributed by atoms with van der Waals surface area (Å²) in [4.78, 5) is 19.9. The Morgan fingerprint density at radius 3 is 2.23 bits per heavy atom. The van der Waals surface area contributed by atoms with Gasteiger partial charge >= 0.3 is 0 Å². The van der Waals surface area contributed by atoms with E-state index in [9.17, 15) is 4.79 Å². The van der Waals surface area contributed by atoms with Crippen molar-refractivity contribution >= 4 is 11.9 Å². The molecule has 0 bridgehead atoms. The predicted octanol–water partition coefficient (Wildman–Crippen LogP) is -0.370. The van der Waals surface area contributed by atoms with E-state index in [-0.39, 0.29) is 18.4 Å². The second-order valence-corrected chi connectivity index (χ2v) is 5.89. The van der Waals surface area contributed by atoms with Crippen LogP contribution in [0.4, 0.5) is 0 Å². The summed E-state index contributed by atoms with van der Waals surface area (Å²) in [7, 11) is 4.79. The summed E-state index contributed by atoms with van der Waals surface area (Å²) < 4.78 is 16.3.